The van der Waals surface area contributed by atoms with Gasteiger partial charge in [-0.25, -0.2) is 22.9 Å². The van der Waals surface area contributed by atoms with Crippen molar-refractivity contribution in [2.24, 2.45) is 0 Å². The fourth-order valence-corrected chi connectivity index (χ4v) is 5.42. The quantitative estimate of drug-likeness (QED) is 0.170. The molecule has 0 aliphatic carbocycles. The lowest BCUT2D eigenvalue weighted by molar-refractivity contribution is -0.0467. The summed E-state index contributed by atoms with van der Waals surface area (Å²) in [6, 6.07) is 1.06. The van der Waals surface area contributed by atoms with Gasteiger partial charge in [-0.3, -0.25) is 9.09 Å². The van der Waals surface area contributed by atoms with E-state index in [2.05, 4.69) is 18.1 Å². The summed E-state index contributed by atoms with van der Waals surface area (Å²) >= 11 is 6.02. The zero-order valence-corrected chi connectivity index (χ0v) is 18.1. The van der Waals surface area contributed by atoms with E-state index < -0.39 is 65.7 Å². The van der Waals surface area contributed by atoms with E-state index >= 15 is 0 Å². The molecule has 1 aromatic rings. The Morgan fingerprint density at radius 2 is 1.94 bits per heavy atom. The third-order valence-corrected chi connectivity index (χ3v) is 7.65. The maximum absolute atomic E-state index is 13.8. The lowest BCUT2D eigenvalue weighted by atomic mass is 10.00. The predicted molar refractivity (Wildman–Crippen MR) is 97.2 cm³/mol. The van der Waals surface area contributed by atoms with Crippen LogP contribution in [-0.2, 0) is 31.6 Å². The Balaban J connectivity index is 2.34. The van der Waals surface area contributed by atoms with Crippen molar-refractivity contribution in [3.8, 4) is 0 Å². The van der Waals surface area contributed by atoms with Crippen molar-refractivity contribution >= 4 is 40.9 Å². The average Bonchev–Trinajstić information content (AvgIpc) is 2.83. The Bertz CT molecular complexity index is 1110. The van der Waals surface area contributed by atoms with E-state index in [-0.39, 0.29) is 5.82 Å². The average molecular weight is 536 g/mol. The van der Waals surface area contributed by atoms with Gasteiger partial charge in [0.25, 0.3) is 0 Å². The van der Waals surface area contributed by atoms with Crippen molar-refractivity contribution in [3.63, 3.8) is 0 Å². The number of phosphoric ester groups is 1. The van der Waals surface area contributed by atoms with Gasteiger partial charge >= 0.3 is 29.2 Å². The number of halogens is 2. The molecule has 3 unspecified atom stereocenters. The molecule has 1 fully saturated rings. The molecule has 178 valence electrons. The molecule has 6 atom stereocenters. The fourth-order valence-electron chi connectivity index (χ4n) is 2.28. The van der Waals surface area contributed by atoms with Crippen molar-refractivity contribution in [1.82, 2.24) is 9.55 Å². The molecule has 7 N–H and O–H groups in total. The topological polar surface area (TPSA) is 250 Å². The number of nitrogens with two attached hydrogens (primary N) is 1. The maximum atomic E-state index is 13.8. The third kappa shape index (κ3) is 6.62. The van der Waals surface area contributed by atoms with Crippen LogP contribution in [0.2, 0.25) is 0 Å². The summed E-state index contributed by atoms with van der Waals surface area (Å²) in [6.07, 6.45) is -5.87. The highest BCUT2D eigenvalue weighted by atomic mass is 35.5. The number of aliphatic hydroxyl groups is 1. The fraction of sp³-hybridized carbons (Fsp3) is 0.600. The van der Waals surface area contributed by atoms with Crippen LogP contribution >= 0.6 is 35.1 Å². The van der Waals surface area contributed by atoms with Crippen LogP contribution in [0.4, 0.5) is 10.2 Å². The first-order valence-corrected chi connectivity index (χ1v) is 12.4. The number of rotatable bonds is 9. The SMILES string of the molecule is [2H]C([2H])(OP(=O)(O)OP(=O)(O)OP(=O)(O)O)[C@H]1O[C@@H](n2ccc(N)nc2=O)C(Cl)(CF)[C@H]1O. The number of hydrogen-bond acceptors (Lipinski definition) is 11. The molecule has 16 nitrogen and oxygen atoms in total. The highest BCUT2D eigenvalue weighted by Crippen LogP contribution is 2.66. The van der Waals surface area contributed by atoms with Crippen LogP contribution in [0.1, 0.15) is 8.97 Å². The normalized spacial score (nSPS) is 32.0. The molecule has 0 amide bonds. The number of nitrogen functional groups attached to an aromatic ring is 1. The summed E-state index contributed by atoms with van der Waals surface area (Å²) in [7, 11) is -17.8. The van der Waals surface area contributed by atoms with Crippen LogP contribution in [-0.4, -0.2) is 64.5 Å². The molecule has 0 saturated carbocycles. The number of aliphatic hydroxyl groups excluding tert-OH is 1. The lowest BCUT2D eigenvalue weighted by Gasteiger charge is -2.27. The summed E-state index contributed by atoms with van der Waals surface area (Å²) < 4.78 is 79.9. The molecule has 1 aromatic heterocycles. The zero-order valence-electron chi connectivity index (χ0n) is 16.7. The van der Waals surface area contributed by atoms with Gasteiger partial charge in [0.15, 0.2) is 6.23 Å². The Morgan fingerprint density at radius 1 is 1.32 bits per heavy atom. The largest absolute Gasteiger partial charge is 0.490 e. The summed E-state index contributed by atoms with van der Waals surface area (Å²) in [5.74, 6) is -0.255. The highest BCUT2D eigenvalue weighted by Gasteiger charge is 2.57. The van der Waals surface area contributed by atoms with E-state index in [9.17, 15) is 32.9 Å². The van der Waals surface area contributed by atoms with Crippen LogP contribution < -0.4 is 11.4 Å². The molecular formula is C10H16ClFN3O13P3. The van der Waals surface area contributed by atoms with Gasteiger partial charge in [0.2, 0.25) is 0 Å². The van der Waals surface area contributed by atoms with E-state index in [1.165, 1.54) is 0 Å². The number of alkyl halides is 2. The minimum atomic E-state index is -6.04. The summed E-state index contributed by atoms with van der Waals surface area (Å²) in [5.41, 5.74) is 4.18. The van der Waals surface area contributed by atoms with Gasteiger partial charge in [-0.15, -0.1) is 11.6 Å². The number of phosphoric acid groups is 3. The molecule has 2 heterocycles. The first kappa shape index (κ1) is 23.4. The van der Waals surface area contributed by atoms with Gasteiger partial charge < -0.3 is 35.2 Å². The Labute approximate surface area is 179 Å². The van der Waals surface area contributed by atoms with Crippen LogP contribution in [0.3, 0.4) is 0 Å². The molecule has 1 aliphatic heterocycles. The van der Waals surface area contributed by atoms with Crippen molar-refractivity contribution in [2.45, 2.75) is 23.3 Å². The minimum absolute atomic E-state index is 0.255. The molecule has 21 heteroatoms. The Hall–Kier alpha value is -0.770. The molecular weight excluding hydrogens is 517 g/mol. The minimum Gasteiger partial charge on any atom is -0.388 e. The number of aromatic nitrogens is 2. The van der Waals surface area contributed by atoms with Gasteiger partial charge in [-0.2, -0.15) is 13.6 Å². The monoisotopic (exact) mass is 535 g/mol. The van der Waals surface area contributed by atoms with Crippen molar-refractivity contribution in [2.75, 3.05) is 19.0 Å². The van der Waals surface area contributed by atoms with E-state index in [1.54, 1.807) is 0 Å². The number of anilines is 1. The van der Waals surface area contributed by atoms with Crippen LogP contribution in [0.5, 0.6) is 0 Å². The smallest absolute Gasteiger partial charge is 0.388 e. The molecule has 1 saturated heterocycles. The standard InChI is InChI=1S/C10H16ClFN3O13P3/c11-10(4-12)7(16)5(26-8(10)15-2-1-6(13)14-9(15)17)3-25-30(21,22)28-31(23,24)27-29(18,19)20/h1-2,5,7-8,16H,3-4H2,(H,21,22)(H,23,24)(H2,13,14,17)(H2,18,19,20)/t5-,7+,8-,10?/m1/s1/i3D2. The summed E-state index contributed by atoms with van der Waals surface area (Å²) in [4.78, 5) is 48.5. The first-order chi connectivity index (χ1) is 14.7. The first-order valence-electron chi connectivity index (χ1n) is 8.51. The van der Waals surface area contributed by atoms with E-state index in [0.717, 1.165) is 12.3 Å². The highest BCUT2D eigenvalue weighted by molar-refractivity contribution is 7.66. The maximum Gasteiger partial charge on any atom is 0.490 e. The number of nitrogens with zero attached hydrogens (tertiary/aromatic N) is 2. The lowest BCUT2D eigenvalue weighted by Crippen LogP contribution is -2.46. The summed E-state index contributed by atoms with van der Waals surface area (Å²) in [6.45, 7) is -5.31. The molecule has 31 heavy (non-hydrogen) atoms. The predicted octanol–water partition coefficient (Wildman–Crippen LogP) is -0.626. The number of ether oxygens (including phenoxy) is 1. The number of hydrogen-bond donors (Lipinski definition) is 6. The van der Waals surface area contributed by atoms with Crippen LogP contribution in [0.25, 0.3) is 0 Å². The van der Waals surface area contributed by atoms with Gasteiger partial charge in [-0.05, 0) is 6.07 Å². The third-order valence-electron chi connectivity index (χ3n) is 3.47. The van der Waals surface area contributed by atoms with Crippen LogP contribution in [0.15, 0.2) is 17.1 Å². The van der Waals surface area contributed by atoms with Crippen molar-refractivity contribution in [3.05, 3.63) is 22.7 Å². The van der Waals surface area contributed by atoms with Crippen molar-refractivity contribution in [1.29, 1.82) is 0 Å². The van der Waals surface area contributed by atoms with Gasteiger partial charge in [0.1, 0.15) is 29.6 Å². The molecule has 0 radical (unpaired) electrons. The Kier molecular flexibility index (Phi) is 6.97. The second-order valence-corrected chi connectivity index (χ2v) is 10.8. The second kappa shape index (κ2) is 9.23. The summed E-state index contributed by atoms with van der Waals surface area (Å²) in [5, 5.41) is 10.4. The van der Waals surface area contributed by atoms with Crippen LogP contribution in [0, 0.1) is 0 Å². The zero-order chi connectivity index (χ0) is 25.6. The molecule has 1 aliphatic rings. The molecule has 0 aromatic carbocycles. The van der Waals surface area contributed by atoms with Gasteiger partial charge in [0.05, 0.1) is 9.30 Å². The van der Waals surface area contributed by atoms with Crippen molar-refractivity contribution < 1.29 is 63.4 Å². The Morgan fingerprint density at radius 3 is 2.45 bits per heavy atom. The van der Waals surface area contributed by atoms with E-state index in [0.29, 0.717) is 4.57 Å². The van der Waals surface area contributed by atoms with E-state index in [1.807, 2.05) is 0 Å². The van der Waals surface area contributed by atoms with Gasteiger partial charge in [-0.1, -0.05) is 0 Å². The molecule has 2 rings (SSSR count). The second-order valence-electron chi connectivity index (χ2n) is 5.76. The molecule has 0 bridgehead atoms. The van der Waals surface area contributed by atoms with E-state index in [4.69, 9.17) is 39.5 Å². The van der Waals surface area contributed by atoms with Gasteiger partial charge in [0, 0.05) is 6.20 Å². The molecule has 0 spiro atoms.